The number of hydrogen-bond acceptors (Lipinski definition) is 3. The molecule has 4 heteroatoms. The van der Waals surface area contributed by atoms with Gasteiger partial charge in [0.1, 0.15) is 0 Å². The highest BCUT2D eigenvalue weighted by Gasteiger charge is 2.41. The van der Waals surface area contributed by atoms with Crippen LogP contribution in [-0.2, 0) is 4.79 Å². The van der Waals surface area contributed by atoms with Gasteiger partial charge in [-0.3, -0.25) is 9.69 Å². The molecule has 18 heavy (non-hydrogen) atoms. The fraction of sp³-hybridized carbons (Fsp3) is 0.929. The van der Waals surface area contributed by atoms with Gasteiger partial charge in [0, 0.05) is 18.1 Å². The maximum Gasteiger partial charge on any atom is 0.234 e. The highest BCUT2D eigenvalue weighted by molar-refractivity contribution is 5.79. The van der Waals surface area contributed by atoms with E-state index in [0.29, 0.717) is 18.1 Å². The molecule has 2 saturated heterocycles. The van der Waals surface area contributed by atoms with Crippen molar-refractivity contribution in [2.24, 2.45) is 5.73 Å². The van der Waals surface area contributed by atoms with E-state index in [1.54, 1.807) is 0 Å². The molecule has 2 bridgehead atoms. The Bertz CT molecular complexity index is 281. The van der Waals surface area contributed by atoms with Gasteiger partial charge in [-0.1, -0.05) is 13.3 Å². The lowest BCUT2D eigenvalue weighted by molar-refractivity contribution is -0.127. The number of carbonyl (C=O) groups is 1. The van der Waals surface area contributed by atoms with Crippen LogP contribution in [0.1, 0.15) is 52.4 Å². The second-order valence-electron chi connectivity index (χ2n) is 5.89. The third-order valence-electron chi connectivity index (χ3n) is 4.57. The maximum atomic E-state index is 11.4. The van der Waals surface area contributed by atoms with E-state index in [9.17, 15) is 4.79 Å². The first-order chi connectivity index (χ1) is 8.63. The van der Waals surface area contributed by atoms with Crippen LogP contribution in [0.2, 0.25) is 0 Å². The summed E-state index contributed by atoms with van der Waals surface area (Å²) in [6.07, 6.45) is 7.28. The van der Waals surface area contributed by atoms with Gasteiger partial charge in [0.2, 0.25) is 5.91 Å². The number of carbonyl (C=O) groups excluding carboxylic acids is 1. The molecule has 0 aromatic rings. The van der Waals surface area contributed by atoms with Crippen molar-refractivity contribution in [3.63, 3.8) is 0 Å². The predicted molar refractivity (Wildman–Crippen MR) is 73.2 cm³/mol. The second-order valence-corrected chi connectivity index (χ2v) is 5.89. The normalized spacial score (nSPS) is 34.2. The number of rotatable bonds is 5. The van der Waals surface area contributed by atoms with Gasteiger partial charge < -0.3 is 11.1 Å². The van der Waals surface area contributed by atoms with E-state index in [0.717, 1.165) is 6.54 Å². The number of nitrogens with one attached hydrogen (secondary N) is 1. The van der Waals surface area contributed by atoms with Gasteiger partial charge in [-0.2, -0.15) is 0 Å². The lowest BCUT2D eigenvalue weighted by Gasteiger charge is -2.51. The Hall–Kier alpha value is -0.610. The average Bonchev–Trinajstić information content (AvgIpc) is 2.34. The Morgan fingerprint density at radius 2 is 2.00 bits per heavy atom. The number of primary amides is 1. The highest BCUT2D eigenvalue weighted by atomic mass is 16.1. The van der Waals surface area contributed by atoms with Crippen molar-refractivity contribution in [1.82, 2.24) is 10.2 Å². The number of piperidine rings is 2. The van der Waals surface area contributed by atoms with Crippen molar-refractivity contribution in [3.05, 3.63) is 0 Å². The van der Waals surface area contributed by atoms with Gasteiger partial charge in [0.15, 0.2) is 0 Å². The van der Waals surface area contributed by atoms with Crippen molar-refractivity contribution >= 4 is 5.91 Å². The monoisotopic (exact) mass is 253 g/mol. The third-order valence-corrected chi connectivity index (χ3v) is 4.57. The zero-order valence-electron chi connectivity index (χ0n) is 11.7. The van der Waals surface area contributed by atoms with Crippen molar-refractivity contribution in [1.29, 1.82) is 0 Å². The fourth-order valence-electron chi connectivity index (χ4n) is 3.71. The molecule has 3 unspecified atom stereocenters. The van der Waals surface area contributed by atoms with Crippen molar-refractivity contribution in [2.45, 2.75) is 76.5 Å². The van der Waals surface area contributed by atoms with Gasteiger partial charge in [-0.25, -0.2) is 0 Å². The summed E-state index contributed by atoms with van der Waals surface area (Å²) in [4.78, 5) is 13.8. The molecule has 4 nitrogen and oxygen atoms in total. The van der Waals surface area contributed by atoms with Gasteiger partial charge >= 0.3 is 0 Å². The van der Waals surface area contributed by atoms with Crippen LogP contribution in [0.4, 0.5) is 0 Å². The second kappa shape index (κ2) is 6.02. The molecule has 3 N–H and O–H groups in total. The molecule has 3 atom stereocenters. The zero-order chi connectivity index (χ0) is 13.1. The standard InChI is InChI=1S/C14H27N3O/c1-3-7-16-11-8-12-5-4-6-13(9-11)17(12)10(2)14(15)18/h10-13,16H,3-9H2,1-2H3,(H2,15,18). The Kier molecular flexibility index (Phi) is 4.62. The largest absolute Gasteiger partial charge is 0.368 e. The van der Waals surface area contributed by atoms with Crippen LogP contribution in [0.25, 0.3) is 0 Å². The van der Waals surface area contributed by atoms with Crippen LogP contribution in [0.3, 0.4) is 0 Å². The van der Waals surface area contributed by atoms with Crippen LogP contribution in [0, 0.1) is 0 Å². The maximum absolute atomic E-state index is 11.4. The molecule has 2 aliphatic heterocycles. The van der Waals surface area contributed by atoms with E-state index in [1.807, 2.05) is 6.92 Å². The SMILES string of the molecule is CCCNC1CC2CCCC(C1)N2C(C)C(N)=O. The molecule has 0 aliphatic carbocycles. The smallest absolute Gasteiger partial charge is 0.234 e. The van der Waals surface area contributed by atoms with Gasteiger partial charge in [0.05, 0.1) is 6.04 Å². The molecule has 0 aromatic carbocycles. The molecule has 0 aromatic heterocycles. The number of nitrogens with zero attached hydrogens (tertiary/aromatic N) is 1. The first-order valence-corrected chi connectivity index (χ1v) is 7.43. The molecule has 1 amide bonds. The summed E-state index contributed by atoms with van der Waals surface area (Å²) in [5.74, 6) is -0.174. The molecule has 104 valence electrons. The van der Waals surface area contributed by atoms with Crippen LogP contribution in [0.15, 0.2) is 0 Å². The Labute approximate surface area is 110 Å². The minimum Gasteiger partial charge on any atom is -0.368 e. The molecule has 2 rings (SSSR count). The summed E-state index contributed by atoms with van der Waals surface area (Å²) >= 11 is 0. The molecule has 2 heterocycles. The topological polar surface area (TPSA) is 58.4 Å². The Morgan fingerprint density at radius 3 is 2.50 bits per heavy atom. The van der Waals surface area contributed by atoms with E-state index >= 15 is 0 Å². The summed E-state index contributed by atoms with van der Waals surface area (Å²) in [6, 6.07) is 1.63. The molecular weight excluding hydrogens is 226 g/mol. The number of fused-ring (bicyclic) bond motifs is 2. The van der Waals surface area contributed by atoms with Crippen molar-refractivity contribution in [2.75, 3.05) is 6.54 Å². The van der Waals surface area contributed by atoms with Crippen LogP contribution in [-0.4, -0.2) is 41.5 Å². The van der Waals surface area contributed by atoms with E-state index in [-0.39, 0.29) is 11.9 Å². The van der Waals surface area contributed by atoms with Crippen molar-refractivity contribution in [3.8, 4) is 0 Å². The molecule has 2 aliphatic rings. The Morgan fingerprint density at radius 1 is 1.39 bits per heavy atom. The summed E-state index contributed by atoms with van der Waals surface area (Å²) in [7, 11) is 0. The first-order valence-electron chi connectivity index (χ1n) is 7.43. The van der Waals surface area contributed by atoms with E-state index in [1.165, 1.54) is 38.5 Å². The minimum atomic E-state index is -0.174. The average molecular weight is 253 g/mol. The van der Waals surface area contributed by atoms with Crippen LogP contribution >= 0.6 is 0 Å². The number of amides is 1. The van der Waals surface area contributed by atoms with E-state index < -0.39 is 0 Å². The van der Waals surface area contributed by atoms with Gasteiger partial charge in [-0.05, 0) is 45.6 Å². The zero-order valence-corrected chi connectivity index (χ0v) is 11.7. The lowest BCUT2D eigenvalue weighted by Crippen LogP contribution is -2.61. The van der Waals surface area contributed by atoms with Crippen LogP contribution < -0.4 is 11.1 Å². The van der Waals surface area contributed by atoms with Crippen molar-refractivity contribution < 1.29 is 4.79 Å². The van der Waals surface area contributed by atoms with Crippen LogP contribution in [0.5, 0.6) is 0 Å². The molecule has 0 radical (unpaired) electrons. The number of nitrogens with two attached hydrogens (primary N) is 1. The highest BCUT2D eigenvalue weighted by Crippen LogP contribution is 2.35. The third kappa shape index (κ3) is 2.86. The first kappa shape index (κ1) is 13.8. The molecule has 2 fully saturated rings. The minimum absolute atomic E-state index is 0.104. The van der Waals surface area contributed by atoms with Gasteiger partial charge in [0.25, 0.3) is 0 Å². The summed E-state index contributed by atoms with van der Waals surface area (Å²) in [5.41, 5.74) is 5.49. The summed E-state index contributed by atoms with van der Waals surface area (Å²) < 4.78 is 0. The summed E-state index contributed by atoms with van der Waals surface area (Å²) in [6.45, 7) is 5.28. The predicted octanol–water partition coefficient (Wildman–Crippen LogP) is 1.25. The van der Waals surface area contributed by atoms with E-state index in [2.05, 4.69) is 17.1 Å². The molecular formula is C14H27N3O. The lowest BCUT2D eigenvalue weighted by atomic mass is 9.80. The fourth-order valence-corrected chi connectivity index (χ4v) is 3.71. The molecule has 0 saturated carbocycles. The summed E-state index contributed by atoms with van der Waals surface area (Å²) in [5, 5.41) is 3.65. The van der Waals surface area contributed by atoms with Gasteiger partial charge in [-0.15, -0.1) is 0 Å². The molecule has 0 spiro atoms. The quantitative estimate of drug-likeness (QED) is 0.775. The Balaban J connectivity index is 2.01. The van der Waals surface area contributed by atoms with E-state index in [4.69, 9.17) is 5.73 Å². The number of hydrogen-bond donors (Lipinski definition) is 2.